The first-order chi connectivity index (χ1) is 26.0. The van der Waals surface area contributed by atoms with Gasteiger partial charge in [0, 0.05) is 10.8 Å². The average molecular weight is 911 g/mol. The SMILES string of the molecule is CC1(C)C=Cc2cc3c(cc21)[cH-]c1cc2c(cc13)C=CC2(C)C.CCC1[C-]=CC(C(C)(C)C)=C1.FC(F)(F)c1cccc([C](=[Zr+2])c2cccc(C(F)(F)F)c2)c1.[Cl-].[Cl-]. The van der Waals surface area contributed by atoms with Gasteiger partial charge in [-0.3, -0.25) is 6.08 Å². The third-order valence-electron chi connectivity index (χ3n) is 10.9. The van der Waals surface area contributed by atoms with Crippen molar-refractivity contribution in [1.29, 1.82) is 0 Å². The molecular formula is C49H46Cl2F6Zr-2. The largest absolute Gasteiger partial charge is 1.00 e. The third-order valence-corrected chi connectivity index (χ3v) is 12.3. The molecule has 8 rings (SSSR count). The zero-order chi connectivity index (χ0) is 41.0. The predicted molar refractivity (Wildman–Crippen MR) is 216 cm³/mol. The summed E-state index contributed by atoms with van der Waals surface area (Å²) in [6.07, 6.45) is 9.24. The first-order valence-corrected chi connectivity index (χ1v) is 20.1. The van der Waals surface area contributed by atoms with Crippen LogP contribution in [-0.4, -0.2) is 3.21 Å². The molecule has 0 spiro atoms. The minimum absolute atomic E-state index is 0. The molecule has 5 aromatic carbocycles. The normalized spacial score (nSPS) is 17.0. The van der Waals surface area contributed by atoms with Crippen molar-refractivity contribution >= 4 is 36.9 Å². The zero-order valence-corrected chi connectivity index (χ0v) is 37.7. The van der Waals surface area contributed by atoms with Crippen LogP contribution in [-0.2, 0) is 47.4 Å². The monoisotopic (exact) mass is 908 g/mol. The number of halogens is 8. The molecule has 0 aliphatic heterocycles. The quantitative estimate of drug-likeness (QED) is 0.126. The van der Waals surface area contributed by atoms with Gasteiger partial charge in [0.2, 0.25) is 0 Å². The fourth-order valence-electron chi connectivity index (χ4n) is 7.39. The Morgan fingerprint density at radius 2 is 1.12 bits per heavy atom. The maximum Gasteiger partial charge on any atom is -1.00 e. The van der Waals surface area contributed by atoms with Gasteiger partial charge < -0.3 is 24.8 Å². The van der Waals surface area contributed by atoms with Crippen LogP contribution in [0.15, 0.2) is 109 Å². The fourth-order valence-corrected chi connectivity index (χ4v) is 8.15. The van der Waals surface area contributed by atoms with Gasteiger partial charge in [-0.25, -0.2) is 6.08 Å². The topological polar surface area (TPSA) is 0 Å². The summed E-state index contributed by atoms with van der Waals surface area (Å²) in [5, 5.41) is 5.53. The van der Waals surface area contributed by atoms with Crippen molar-refractivity contribution in [3.63, 3.8) is 0 Å². The molecule has 0 saturated carbocycles. The molecule has 5 aromatic rings. The van der Waals surface area contributed by atoms with Gasteiger partial charge in [0.25, 0.3) is 0 Å². The molecule has 0 bridgehead atoms. The summed E-state index contributed by atoms with van der Waals surface area (Å²) in [4.78, 5) is 0. The van der Waals surface area contributed by atoms with E-state index in [9.17, 15) is 26.3 Å². The van der Waals surface area contributed by atoms with Crippen LogP contribution >= 0.6 is 0 Å². The van der Waals surface area contributed by atoms with Crippen LogP contribution in [0.3, 0.4) is 0 Å². The van der Waals surface area contributed by atoms with Crippen molar-refractivity contribution in [3.05, 3.63) is 159 Å². The molecule has 0 amide bonds. The van der Waals surface area contributed by atoms with Gasteiger partial charge in [-0.2, -0.15) is 11.6 Å². The molecule has 1 unspecified atom stereocenters. The first-order valence-electron chi connectivity index (χ1n) is 18.8. The van der Waals surface area contributed by atoms with Crippen molar-refractivity contribution in [2.24, 2.45) is 11.3 Å². The van der Waals surface area contributed by atoms with Crippen molar-refractivity contribution in [3.8, 4) is 0 Å². The molecule has 9 heteroatoms. The molecule has 3 aliphatic rings. The van der Waals surface area contributed by atoms with Crippen LogP contribution < -0.4 is 24.8 Å². The minimum Gasteiger partial charge on any atom is -1.00 e. The molecule has 0 heterocycles. The Morgan fingerprint density at radius 1 is 0.690 bits per heavy atom. The van der Waals surface area contributed by atoms with E-state index in [1.54, 1.807) is 0 Å². The van der Waals surface area contributed by atoms with Crippen LogP contribution in [0.1, 0.15) is 106 Å². The number of allylic oxidation sites excluding steroid dienone is 6. The van der Waals surface area contributed by atoms with E-state index in [2.05, 4.69) is 128 Å². The Hall–Kier alpha value is -3.38. The predicted octanol–water partition coefficient (Wildman–Crippen LogP) is 8.53. The van der Waals surface area contributed by atoms with Crippen LogP contribution in [0.5, 0.6) is 0 Å². The maximum absolute atomic E-state index is 12.7. The van der Waals surface area contributed by atoms with Gasteiger partial charge >= 0.3 is 137 Å². The van der Waals surface area contributed by atoms with Gasteiger partial charge in [-0.05, 0) is 11.1 Å². The van der Waals surface area contributed by atoms with Crippen LogP contribution in [0.25, 0.3) is 33.7 Å². The summed E-state index contributed by atoms with van der Waals surface area (Å²) >= 11 is 0.729. The van der Waals surface area contributed by atoms with Gasteiger partial charge in [0.05, 0.1) is 0 Å². The molecule has 3 aliphatic carbocycles. The molecule has 1 atom stereocenters. The second-order valence-corrected chi connectivity index (χ2v) is 18.3. The Bertz CT molecular complexity index is 2300. The maximum atomic E-state index is 12.7. The van der Waals surface area contributed by atoms with E-state index in [4.69, 9.17) is 0 Å². The van der Waals surface area contributed by atoms with E-state index in [-0.39, 0.29) is 46.8 Å². The molecule has 0 fully saturated rings. The smallest absolute Gasteiger partial charge is 1.00 e. The average Bonchev–Trinajstić information content (AvgIpc) is 3.90. The first kappa shape index (κ1) is 47.3. The number of fused-ring (bicyclic) bond motifs is 5. The summed E-state index contributed by atoms with van der Waals surface area (Å²) in [5.41, 5.74) is 6.60. The van der Waals surface area contributed by atoms with E-state index in [1.165, 1.54) is 80.1 Å². The Morgan fingerprint density at radius 3 is 1.47 bits per heavy atom. The minimum atomic E-state index is -4.49. The van der Waals surface area contributed by atoms with Crippen LogP contribution in [0.2, 0.25) is 0 Å². The summed E-state index contributed by atoms with van der Waals surface area (Å²) in [6.45, 7) is 18.1. The molecule has 0 nitrogen and oxygen atoms in total. The van der Waals surface area contributed by atoms with Gasteiger partial charge in [-0.15, -0.1) is 39.7 Å². The van der Waals surface area contributed by atoms with Crippen molar-refractivity contribution in [1.82, 2.24) is 0 Å². The van der Waals surface area contributed by atoms with E-state index in [1.807, 2.05) is 0 Å². The standard InChI is InChI=1S/C23H21.C15H8F6.C11H17.2ClH.Zr/c1-22(2)7-5-14-10-18-16(12-20(14)22)9-17-13-21-15(11-19(17)18)6-8-23(21,3)4;16-14(17,18)12-5-1-3-10(8-12)7-11-4-2-6-13(9-11)15(19,20)21;1-5-9-6-7-10(8-9)11(2,3)4;;;/h5-13H,1-4H3;1-6,8-9H;7-9H,5H2,1-4H3;2*1H;/q-1;;-1;;;+2/p-2. The van der Waals surface area contributed by atoms with Crippen molar-refractivity contribution < 1.29 is 75.4 Å². The molecule has 304 valence electrons. The van der Waals surface area contributed by atoms with Gasteiger partial charge in [0.15, 0.2) is 0 Å². The van der Waals surface area contributed by atoms with E-state index >= 15 is 0 Å². The summed E-state index contributed by atoms with van der Waals surface area (Å²) in [5.74, 6) is 0.573. The number of hydrogen-bond donors (Lipinski definition) is 0. The molecule has 0 radical (unpaired) electrons. The summed E-state index contributed by atoms with van der Waals surface area (Å²) in [6, 6.07) is 21.1. The molecule has 0 saturated heterocycles. The van der Waals surface area contributed by atoms with Crippen LogP contribution in [0, 0.1) is 17.4 Å². The zero-order valence-electron chi connectivity index (χ0n) is 33.8. The van der Waals surface area contributed by atoms with E-state index < -0.39 is 23.5 Å². The van der Waals surface area contributed by atoms with Crippen molar-refractivity contribution in [2.45, 2.75) is 85.0 Å². The number of alkyl halides is 6. The van der Waals surface area contributed by atoms with Crippen LogP contribution in [0.4, 0.5) is 26.3 Å². The molecule has 58 heavy (non-hydrogen) atoms. The van der Waals surface area contributed by atoms with E-state index in [0.717, 1.165) is 48.5 Å². The van der Waals surface area contributed by atoms with Crippen molar-refractivity contribution in [2.75, 3.05) is 0 Å². The number of hydrogen-bond acceptors (Lipinski definition) is 0. The number of benzene rings is 4. The second-order valence-electron chi connectivity index (χ2n) is 17.0. The fraction of sp³-hybridized carbons (Fsp3) is 0.306. The Balaban J connectivity index is 0.000000201. The van der Waals surface area contributed by atoms with Gasteiger partial charge in [-0.1, -0.05) is 121 Å². The van der Waals surface area contributed by atoms with Gasteiger partial charge in [0.1, 0.15) is 0 Å². The number of rotatable bonds is 3. The summed E-state index contributed by atoms with van der Waals surface area (Å²) in [7, 11) is 0. The molecular weight excluding hydrogens is 865 g/mol. The molecule has 0 N–H and O–H groups in total. The third kappa shape index (κ3) is 10.1. The Labute approximate surface area is 365 Å². The Kier molecular flexibility index (Phi) is 14.1. The van der Waals surface area contributed by atoms with E-state index in [0.29, 0.717) is 14.5 Å². The summed E-state index contributed by atoms with van der Waals surface area (Å²) < 4.78 is 76.7. The molecule has 0 aromatic heterocycles. The second kappa shape index (κ2) is 17.3.